The number of alkyl halides is 1. The molecule has 4 heteroatoms. The van der Waals surface area contributed by atoms with Gasteiger partial charge in [0, 0.05) is 16.6 Å². The molecular weight excluding hydrogens is 334 g/mol. The molecule has 25 heavy (non-hydrogen) atoms. The highest BCUT2D eigenvalue weighted by atomic mass is 35.5. The lowest BCUT2D eigenvalue weighted by molar-refractivity contribution is 0.0766. The summed E-state index contributed by atoms with van der Waals surface area (Å²) in [5.41, 5.74) is 4.07. The minimum absolute atomic E-state index is 0.321. The maximum absolute atomic E-state index is 13.5. The first kappa shape index (κ1) is 14.9. The SMILES string of the molecule is O=C1c2cccc3c4c(n(c23)C(=O)[C@]1(Cl)c1ccccc1)CCCC4. The summed E-state index contributed by atoms with van der Waals surface area (Å²) < 4.78 is 1.74. The summed E-state index contributed by atoms with van der Waals surface area (Å²) in [6.07, 6.45) is 3.97. The van der Waals surface area contributed by atoms with E-state index in [-0.39, 0.29) is 11.7 Å². The van der Waals surface area contributed by atoms with Crippen LogP contribution in [0.3, 0.4) is 0 Å². The zero-order valence-corrected chi connectivity index (χ0v) is 14.3. The van der Waals surface area contributed by atoms with Gasteiger partial charge in [-0.15, -0.1) is 0 Å². The molecule has 0 saturated heterocycles. The van der Waals surface area contributed by atoms with Gasteiger partial charge in [0.2, 0.25) is 4.87 Å². The fourth-order valence-corrected chi connectivity index (χ4v) is 4.67. The number of para-hydroxylation sites is 1. The van der Waals surface area contributed by atoms with Gasteiger partial charge in [0.1, 0.15) is 0 Å². The van der Waals surface area contributed by atoms with E-state index in [0.717, 1.165) is 42.3 Å². The summed E-state index contributed by atoms with van der Waals surface area (Å²) in [6, 6.07) is 14.7. The van der Waals surface area contributed by atoms with E-state index >= 15 is 0 Å². The van der Waals surface area contributed by atoms with E-state index in [1.807, 2.05) is 18.2 Å². The monoisotopic (exact) mass is 349 g/mol. The molecule has 0 fully saturated rings. The molecule has 0 amide bonds. The van der Waals surface area contributed by atoms with E-state index in [1.165, 1.54) is 5.56 Å². The summed E-state index contributed by atoms with van der Waals surface area (Å²) >= 11 is 6.79. The van der Waals surface area contributed by atoms with Gasteiger partial charge in [-0.05, 0) is 42.9 Å². The molecule has 0 N–H and O–H groups in total. The van der Waals surface area contributed by atoms with Crippen molar-refractivity contribution in [1.82, 2.24) is 4.57 Å². The summed E-state index contributed by atoms with van der Waals surface area (Å²) in [5, 5.41) is 1.03. The van der Waals surface area contributed by atoms with Gasteiger partial charge >= 0.3 is 0 Å². The Balaban J connectivity index is 1.88. The third kappa shape index (κ3) is 1.77. The number of hydrogen-bond acceptors (Lipinski definition) is 2. The van der Waals surface area contributed by atoms with Gasteiger partial charge in [-0.2, -0.15) is 0 Å². The second-order valence-electron chi connectivity index (χ2n) is 6.83. The predicted octanol–water partition coefficient (Wildman–Crippen LogP) is 4.49. The van der Waals surface area contributed by atoms with Gasteiger partial charge in [-0.25, -0.2) is 0 Å². The van der Waals surface area contributed by atoms with Crippen LogP contribution in [0.1, 0.15) is 44.8 Å². The first-order valence-electron chi connectivity index (χ1n) is 8.63. The first-order valence-corrected chi connectivity index (χ1v) is 9.01. The molecular formula is C21H16ClNO2. The lowest BCUT2D eigenvalue weighted by Crippen LogP contribution is -2.45. The van der Waals surface area contributed by atoms with Crippen molar-refractivity contribution in [2.75, 3.05) is 0 Å². The maximum Gasteiger partial charge on any atom is 0.265 e. The second kappa shape index (κ2) is 5.06. The standard InChI is InChI=1S/C21H16ClNO2/c22-21(13-7-2-1-3-8-13)19(24)16-11-6-10-15-14-9-4-5-12-17(14)23(18(15)16)20(21)25/h1-3,6-8,10-11H,4-5,9,12H2/t21-/m0/s1. The van der Waals surface area contributed by atoms with E-state index in [9.17, 15) is 9.59 Å². The van der Waals surface area contributed by atoms with Gasteiger partial charge in [0.15, 0.2) is 5.78 Å². The van der Waals surface area contributed by atoms with Crippen molar-refractivity contribution < 1.29 is 9.59 Å². The first-order chi connectivity index (χ1) is 12.1. The molecule has 124 valence electrons. The van der Waals surface area contributed by atoms with Crippen LogP contribution in [0.4, 0.5) is 0 Å². The Bertz CT molecular complexity index is 1050. The van der Waals surface area contributed by atoms with Crippen molar-refractivity contribution in [1.29, 1.82) is 0 Å². The fraction of sp³-hybridized carbons (Fsp3) is 0.238. The van der Waals surface area contributed by atoms with Crippen molar-refractivity contribution in [3.63, 3.8) is 0 Å². The van der Waals surface area contributed by atoms with E-state index in [2.05, 4.69) is 0 Å². The van der Waals surface area contributed by atoms with Crippen LogP contribution < -0.4 is 0 Å². The number of halogens is 1. The molecule has 0 bridgehead atoms. The molecule has 1 aromatic heterocycles. The number of carbonyl (C=O) groups is 2. The Morgan fingerprint density at radius 1 is 0.920 bits per heavy atom. The van der Waals surface area contributed by atoms with Crippen molar-refractivity contribution in [2.24, 2.45) is 0 Å². The van der Waals surface area contributed by atoms with E-state index in [1.54, 1.807) is 34.9 Å². The van der Waals surface area contributed by atoms with Gasteiger partial charge in [0.05, 0.1) is 5.52 Å². The van der Waals surface area contributed by atoms with Crippen molar-refractivity contribution in [3.05, 3.63) is 70.9 Å². The molecule has 3 nitrogen and oxygen atoms in total. The summed E-state index contributed by atoms with van der Waals surface area (Å²) in [5.74, 6) is -0.657. The Morgan fingerprint density at radius 3 is 2.48 bits per heavy atom. The number of aromatic nitrogens is 1. The summed E-state index contributed by atoms with van der Waals surface area (Å²) in [6.45, 7) is 0. The lowest BCUT2D eigenvalue weighted by Gasteiger charge is -2.31. The highest BCUT2D eigenvalue weighted by Gasteiger charge is 2.52. The fourth-order valence-electron chi connectivity index (χ4n) is 4.36. The van der Waals surface area contributed by atoms with Crippen LogP contribution in [0.15, 0.2) is 48.5 Å². The number of nitrogens with zero attached hydrogens (tertiary/aromatic N) is 1. The van der Waals surface area contributed by atoms with Crippen LogP contribution in [0.25, 0.3) is 10.9 Å². The molecule has 1 atom stereocenters. The second-order valence-corrected chi connectivity index (χ2v) is 7.40. The summed E-state index contributed by atoms with van der Waals surface area (Å²) in [7, 11) is 0. The van der Waals surface area contributed by atoms with Crippen molar-refractivity contribution >= 4 is 34.2 Å². The van der Waals surface area contributed by atoms with Crippen LogP contribution in [0.5, 0.6) is 0 Å². The number of aryl methyl sites for hydroxylation is 1. The van der Waals surface area contributed by atoms with Crippen molar-refractivity contribution in [3.8, 4) is 0 Å². The average Bonchev–Trinajstić information content (AvgIpc) is 3.00. The van der Waals surface area contributed by atoms with Crippen LogP contribution in [0.2, 0.25) is 0 Å². The van der Waals surface area contributed by atoms with Crippen LogP contribution in [0, 0.1) is 0 Å². The number of hydrogen-bond donors (Lipinski definition) is 0. The molecule has 5 rings (SSSR count). The topological polar surface area (TPSA) is 39.1 Å². The number of ketones is 1. The van der Waals surface area contributed by atoms with E-state index in [4.69, 9.17) is 11.6 Å². The van der Waals surface area contributed by atoms with Crippen LogP contribution in [-0.4, -0.2) is 16.3 Å². The molecule has 3 aromatic rings. The Kier molecular flexibility index (Phi) is 3.02. The number of carbonyl (C=O) groups excluding carboxylic acids is 2. The molecule has 0 spiro atoms. The van der Waals surface area contributed by atoms with Gasteiger partial charge in [-0.1, -0.05) is 54.1 Å². The summed E-state index contributed by atoms with van der Waals surface area (Å²) in [4.78, 5) is 25.1. The average molecular weight is 350 g/mol. The molecule has 0 saturated carbocycles. The van der Waals surface area contributed by atoms with E-state index < -0.39 is 4.87 Å². The highest BCUT2D eigenvalue weighted by Crippen LogP contribution is 2.44. The lowest BCUT2D eigenvalue weighted by atomic mass is 9.85. The Labute approximate surface area is 150 Å². The Morgan fingerprint density at radius 2 is 1.68 bits per heavy atom. The minimum Gasteiger partial charge on any atom is -0.291 e. The zero-order chi connectivity index (χ0) is 17.2. The van der Waals surface area contributed by atoms with Gasteiger partial charge in [0.25, 0.3) is 5.91 Å². The molecule has 1 aliphatic heterocycles. The third-order valence-corrected chi connectivity index (χ3v) is 6.07. The Hall–Kier alpha value is -2.39. The normalized spacial score (nSPS) is 22.3. The molecule has 0 radical (unpaired) electrons. The van der Waals surface area contributed by atoms with Crippen LogP contribution in [-0.2, 0) is 17.7 Å². The van der Waals surface area contributed by atoms with Crippen molar-refractivity contribution in [2.45, 2.75) is 30.6 Å². The molecule has 0 unspecified atom stereocenters. The molecule has 2 aromatic carbocycles. The smallest absolute Gasteiger partial charge is 0.265 e. The van der Waals surface area contributed by atoms with Gasteiger partial charge in [-0.3, -0.25) is 14.2 Å². The maximum atomic E-state index is 13.5. The molecule has 2 heterocycles. The number of benzene rings is 2. The molecule has 2 aliphatic rings. The third-order valence-electron chi connectivity index (χ3n) is 5.52. The predicted molar refractivity (Wildman–Crippen MR) is 97.5 cm³/mol. The van der Waals surface area contributed by atoms with Gasteiger partial charge < -0.3 is 0 Å². The minimum atomic E-state index is -1.69. The number of rotatable bonds is 1. The highest BCUT2D eigenvalue weighted by molar-refractivity contribution is 6.51. The van der Waals surface area contributed by atoms with E-state index in [0.29, 0.717) is 11.1 Å². The largest absolute Gasteiger partial charge is 0.291 e. The van der Waals surface area contributed by atoms with Crippen LogP contribution >= 0.6 is 11.6 Å². The zero-order valence-electron chi connectivity index (χ0n) is 13.6. The number of fused-ring (bicyclic) bond motifs is 3. The molecule has 1 aliphatic carbocycles. The number of Topliss-reactive ketones (excluding diaryl/α,β-unsaturated/α-hetero) is 1. The quantitative estimate of drug-likeness (QED) is 0.479.